The van der Waals surface area contributed by atoms with Crippen LogP contribution in [0.2, 0.25) is 0 Å². The van der Waals surface area contributed by atoms with Crippen molar-refractivity contribution in [2.75, 3.05) is 12.4 Å². The third kappa shape index (κ3) is 3.80. The quantitative estimate of drug-likeness (QED) is 0.716. The minimum absolute atomic E-state index is 0.174. The molecule has 0 spiro atoms. The first-order chi connectivity index (χ1) is 8.10. The molecule has 0 fully saturated rings. The van der Waals surface area contributed by atoms with Gasteiger partial charge in [-0.15, -0.1) is 0 Å². The van der Waals surface area contributed by atoms with E-state index in [2.05, 4.69) is 21.2 Å². The Morgan fingerprint density at radius 3 is 2.41 bits per heavy atom. The molecule has 2 atom stereocenters. The second-order valence-corrected chi connectivity index (χ2v) is 4.48. The minimum atomic E-state index is -0.925. The smallest absolute Gasteiger partial charge is 0.251 e. The Morgan fingerprint density at radius 1 is 1.35 bits per heavy atom. The highest BCUT2D eigenvalue weighted by molar-refractivity contribution is 9.09. The minimum Gasteiger partial charge on any atom is -0.390 e. The Hall–Kier alpha value is -0.910. The number of alkyl halides is 1. The summed E-state index contributed by atoms with van der Waals surface area (Å²) < 4.78 is 0. The molecule has 3 N–H and O–H groups in total. The summed E-state index contributed by atoms with van der Waals surface area (Å²) in [5, 5.41) is 22.6. The topological polar surface area (TPSA) is 69.6 Å². The van der Waals surface area contributed by atoms with Crippen LogP contribution >= 0.6 is 15.9 Å². The number of halogens is 1. The molecule has 1 aromatic carbocycles. The summed E-state index contributed by atoms with van der Waals surface area (Å²) in [7, 11) is 1.56. The molecule has 0 saturated heterocycles. The first-order valence-corrected chi connectivity index (χ1v) is 6.46. The molecule has 94 valence electrons. The molecule has 0 bridgehead atoms. The maximum atomic E-state index is 11.3. The number of carbonyl (C=O) groups is 1. The van der Waals surface area contributed by atoms with Gasteiger partial charge in [0.15, 0.2) is 0 Å². The van der Waals surface area contributed by atoms with Crippen LogP contribution in [0, 0.1) is 0 Å². The molecule has 0 heterocycles. The molecule has 0 aromatic heterocycles. The number of nitrogens with one attached hydrogen (secondary N) is 1. The maximum absolute atomic E-state index is 11.3. The summed E-state index contributed by atoms with van der Waals surface area (Å²) >= 11 is 3.21. The second-order valence-electron chi connectivity index (χ2n) is 3.69. The van der Waals surface area contributed by atoms with E-state index in [9.17, 15) is 15.0 Å². The van der Waals surface area contributed by atoms with Gasteiger partial charge in [0.2, 0.25) is 0 Å². The molecule has 0 radical (unpaired) electrons. The largest absolute Gasteiger partial charge is 0.390 e. The third-order valence-electron chi connectivity index (χ3n) is 2.51. The van der Waals surface area contributed by atoms with Crippen LogP contribution < -0.4 is 5.32 Å². The van der Waals surface area contributed by atoms with Crippen LogP contribution in [0.3, 0.4) is 0 Å². The van der Waals surface area contributed by atoms with E-state index in [-0.39, 0.29) is 5.91 Å². The van der Waals surface area contributed by atoms with E-state index in [1.54, 1.807) is 31.3 Å². The lowest BCUT2D eigenvalue weighted by atomic mass is 10.0. The summed E-state index contributed by atoms with van der Waals surface area (Å²) in [5.41, 5.74) is 1.13. The van der Waals surface area contributed by atoms with Gasteiger partial charge in [0.05, 0.1) is 6.10 Å². The van der Waals surface area contributed by atoms with Gasteiger partial charge < -0.3 is 15.5 Å². The fourth-order valence-electron chi connectivity index (χ4n) is 1.47. The van der Waals surface area contributed by atoms with Crippen LogP contribution in [-0.4, -0.2) is 34.6 Å². The SMILES string of the molecule is CNC(=O)c1ccc(C(O)C(O)CCBr)cc1. The lowest BCUT2D eigenvalue weighted by Crippen LogP contribution is -2.20. The van der Waals surface area contributed by atoms with Gasteiger partial charge in [-0.3, -0.25) is 4.79 Å². The van der Waals surface area contributed by atoms with Crippen LogP contribution in [0.4, 0.5) is 0 Å². The van der Waals surface area contributed by atoms with Gasteiger partial charge in [-0.05, 0) is 24.1 Å². The van der Waals surface area contributed by atoms with Crippen LogP contribution in [0.5, 0.6) is 0 Å². The van der Waals surface area contributed by atoms with Crippen molar-refractivity contribution >= 4 is 21.8 Å². The number of hydrogen-bond donors (Lipinski definition) is 3. The second kappa shape index (κ2) is 6.74. The fraction of sp³-hybridized carbons (Fsp3) is 0.417. The molecule has 0 aliphatic carbocycles. The first-order valence-electron chi connectivity index (χ1n) is 5.34. The van der Waals surface area contributed by atoms with Crippen molar-refractivity contribution in [2.24, 2.45) is 0 Å². The zero-order chi connectivity index (χ0) is 12.8. The van der Waals surface area contributed by atoms with Gasteiger partial charge in [-0.25, -0.2) is 0 Å². The summed E-state index contributed by atoms with van der Waals surface area (Å²) in [4.78, 5) is 11.3. The van der Waals surface area contributed by atoms with Crippen molar-refractivity contribution < 1.29 is 15.0 Å². The van der Waals surface area contributed by atoms with Gasteiger partial charge in [-0.1, -0.05) is 28.1 Å². The molecule has 4 nitrogen and oxygen atoms in total. The van der Waals surface area contributed by atoms with E-state index in [1.165, 1.54) is 0 Å². The van der Waals surface area contributed by atoms with E-state index >= 15 is 0 Å². The first kappa shape index (κ1) is 14.2. The van der Waals surface area contributed by atoms with Crippen LogP contribution in [0.1, 0.15) is 28.4 Å². The van der Waals surface area contributed by atoms with Crippen molar-refractivity contribution in [1.29, 1.82) is 0 Å². The molecule has 0 aliphatic rings. The standard InChI is InChI=1S/C12H16BrNO3/c1-14-12(17)9-4-2-8(3-5-9)11(16)10(15)6-7-13/h2-5,10-11,15-16H,6-7H2,1H3,(H,14,17). The highest BCUT2D eigenvalue weighted by Crippen LogP contribution is 2.20. The van der Waals surface area contributed by atoms with E-state index in [0.29, 0.717) is 22.9 Å². The van der Waals surface area contributed by atoms with Gasteiger partial charge in [-0.2, -0.15) is 0 Å². The molecule has 1 aromatic rings. The molecular formula is C12H16BrNO3. The number of aliphatic hydroxyl groups excluding tert-OH is 2. The van der Waals surface area contributed by atoms with Crippen molar-refractivity contribution in [3.05, 3.63) is 35.4 Å². The lowest BCUT2D eigenvalue weighted by molar-refractivity contribution is 0.0173. The van der Waals surface area contributed by atoms with E-state index in [4.69, 9.17) is 0 Å². The summed E-state index contributed by atoms with van der Waals surface area (Å²) in [6.45, 7) is 0. The normalized spacial score (nSPS) is 14.1. The zero-order valence-corrected chi connectivity index (χ0v) is 11.1. The third-order valence-corrected chi connectivity index (χ3v) is 2.97. The molecule has 2 unspecified atom stereocenters. The molecule has 1 amide bonds. The lowest BCUT2D eigenvalue weighted by Gasteiger charge is -2.17. The molecule has 17 heavy (non-hydrogen) atoms. The number of benzene rings is 1. The van der Waals surface area contributed by atoms with Crippen molar-refractivity contribution in [2.45, 2.75) is 18.6 Å². The predicted molar refractivity (Wildman–Crippen MR) is 69.2 cm³/mol. The zero-order valence-electron chi connectivity index (χ0n) is 9.56. The Kier molecular flexibility index (Phi) is 5.61. The summed E-state index contributed by atoms with van der Waals surface area (Å²) in [5.74, 6) is -0.174. The van der Waals surface area contributed by atoms with E-state index < -0.39 is 12.2 Å². The van der Waals surface area contributed by atoms with Crippen molar-refractivity contribution in [3.8, 4) is 0 Å². The fourth-order valence-corrected chi connectivity index (χ4v) is 1.94. The summed E-state index contributed by atoms with van der Waals surface area (Å²) in [6.07, 6.45) is -1.26. The van der Waals surface area contributed by atoms with Crippen molar-refractivity contribution in [3.63, 3.8) is 0 Å². The monoisotopic (exact) mass is 301 g/mol. The Bertz CT molecular complexity index is 367. The average molecular weight is 302 g/mol. The number of hydrogen-bond acceptors (Lipinski definition) is 3. The van der Waals surface area contributed by atoms with Gasteiger partial charge in [0, 0.05) is 17.9 Å². The van der Waals surface area contributed by atoms with Crippen LogP contribution in [0.25, 0.3) is 0 Å². The van der Waals surface area contributed by atoms with Gasteiger partial charge >= 0.3 is 0 Å². The average Bonchev–Trinajstić information content (AvgIpc) is 2.37. The molecule has 1 rings (SSSR count). The number of rotatable bonds is 5. The maximum Gasteiger partial charge on any atom is 0.251 e. The van der Waals surface area contributed by atoms with Crippen molar-refractivity contribution in [1.82, 2.24) is 5.32 Å². The number of aliphatic hydroxyl groups is 2. The Labute approximate surface area is 109 Å². The molecular weight excluding hydrogens is 286 g/mol. The molecule has 5 heteroatoms. The van der Waals surface area contributed by atoms with E-state index in [0.717, 1.165) is 0 Å². The van der Waals surface area contributed by atoms with Gasteiger partial charge in [0.25, 0.3) is 5.91 Å². The molecule has 0 aliphatic heterocycles. The molecule has 0 saturated carbocycles. The van der Waals surface area contributed by atoms with E-state index in [1.807, 2.05) is 0 Å². The van der Waals surface area contributed by atoms with Crippen LogP contribution in [-0.2, 0) is 0 Å². The van der Waals surface area contributed by atoms with Gasteiger partial charge in [0.1, 0.15) is 6.10 Å². The summed E-state index contributed by atoms with van der Waals surface area (Å²) in [6, 6.07) is 6.54. The van der Waals surface area contributed by atoms with Crippen LogP contribution in [0.15, 0.2) is 24.3 Å². The number of carbonyl (C=O) groups excluding carboxylic acids is 1. The Morgan fingerprint density at radius 2 is 1.94 bits per heavy atom. The highest BCUT2D eigenvalue weighted by Gasteiger charge is 2.17. The highest BCUT2D eigenvalue weighted by atomic mass is 79.9. The predicted octanol–water partition coefficient (Wildman–Crippen LogP) is 1.23. The Balaban J connectivity index is 2.76. The number of amides is 1.